The van der Waals surface area contributed by atoms with Gasteiger partial charge >= 0.3 is 0 Å². The number of nitrogens with one attached hydrogen (secondary N) is 1. The van der Waals surface area contributed by atoms with Crippen LogP contribution in [0.2, 0.25) is 0 Å². The number of hydrogen-bond donors (Lipinski definition) is 1. The summed E-state index contributed by atoms with van der Waals surface area (Å²) < 4.78 is 1.92. The molecule has 1 aliphatic rings. The number of anilines is 1. The standard InChI is InChI=1S/C26H23N5O/c1-2-15-31-25(28-23-13-7-6-12-21(23)26(31)32)22-18-30(17-19-9-4-3-5-10-19)29-24(22)20-11-8-14-27-16-20/h2-14,16,18,25,28H,1,15,17H2. The molecule has 6 nitrogen and oxygen atoms in total. The fourth-order valence-electron chi connectivity index (χ4n) is 4.08. The molecule has 0 saturated heterocycles. The van der Waals surface area contributed by atoms with Gasteiger partial charge in [0.2, 0.25) is 0 Å². The van der Waals surface area contributed by atoms with Gasteiger partial charge in [0.25, 0.3) is 5.91 Å². The zero-order valence-electron chi connectivity index (χ0n) is 17.6. The largest absolute Gasteiger partial charge is 0.361 e. The smallest absolute Gasteiger partial charge is 0.258 e. The van der Waals surface area contributed by atoms with Gasteiger partial charge in [-0.15, -0.1) is 6.58 Å². The second-order valence-corrected chi connectivity index (χ2v) is 7.70. The number of hydrogen-bond acceptors (Lipinski definition) is 4. The summed E-state index contributed by atoms with van der Waals surface area (Å²) in [5.41, 5.74) is 5.24. The number of benzene rings is 2. The van der Waals surface area contributed by atoms with Crippen molar-refractivity contribution in [3.63, 3.8) is 0 Å². The summed E-state index contributed by atoms with van der Waals surface area (Å²) in [4.78, 5) is 19.4. The summed E-state index contributed by atoms with van der Waals surface area (Å²) in [6.45, 7) is 4.91. The van der Waals surface area contributed by atoms with E-state index in [1.807, 2.05) is 65.5 Å². The number of pyridine rings is 1. The first-order valence-electron chi connectivity index (χ1n) is 10.5. The summed E-state index contributed by atoms with van der Waals surface area (Å²) in [6.07, 6.45) is 6.93. The summed E-state index contributed by atoms with van der Waals surface area (Å²) in [7, 11) is 0. The highest BCUT2D eigenvalue weighted by Crippen LogP contribution is 2.36. The Kier molecular flexibility index (Phi) is 5.25. The Labute approximate surface area is 186 Å². The molecule has 3 heterocycles. The summed E-state index contributed by atoms with van der Waals surface area (Å²) >= 11 is 0. The van der Waals surface area contributed by atoms with E-state index in [1.54, 1.807) is 23.4 Å². The molecule has 2 aromatic heterocycles. The van der Waals surface area contributed by atoms with Gasteiger partial charge in [-0.3, -0.25) is 14.5 Å². The van der Waals surface area contributed by atoms with Crippen LogP contribution in [-0.2, 0) is 6.54 Å². The number of carbonyl (C=O) groups is 1. The van der Waals surface area contributed by atoms with E-state index < -0.39 is 0 Å². The molecule has 0 radical (unpaired) electrons. The molecule has 0 fully saturated rings. The van der Waals surface area contributed by atoms with Gasteiger partial charge in [0.05, 0.1) is 12.1 Å². The number of fused-ring (bicyclic) bond motifs is 1. The minimum absolute atomic E-state index is 0.0304. The summed E-state index contributed by atoms with van der Waals surface area (Å²) in [6, 6.07) is 21.7. The Hall–Kier alpha value is -4.19. The fraction of sp³-hybridized carbons (Fsp3) is 0.115. The van der Waals surface area contributed by atoms with Gasteiger partial charge in [0.15, 0.2) is 0 Å². The van der Waals surface area contributed by atoms with Gasteiger partial charge < -0.3 is 10.2 Å². The van der Waals surface area contributed by atoms with Crippen LogP contribution in [0.15, 0.2) is 98.0 Å². The van der Waals surface area contributed by atoms with Crippen molar-refractivity contribution in [2.24, 2.45) is 0 Å². The molecule has 0 aliphatic carbocycles. The molecular weight excluding hydrogens is 398 g/mol. The molecule has 158 valence electrons. The molecule has 1 unspecified atom stereocenters. The molecule has 6 heteroatoms. The lowest BCUT2D eigenvalue weighted by Crippen LogP contribution is -2.43. The van der Waals surface area contributed by atoms with Crippen molar-refractivity contribution in [3.8, 4) is 11.3 Å². The van der Waals surface area contributed by atoms with E-state index in [9.17, 15) is 4.79 Å². The Morgan fingerprint density at radius 2 is 1.84 bits per heavy atom. The topological polar surface area (TPSA) is 63.1 Å². The van der Waals surface area contributed by atoms with Crippen LogP contribution in [0.4, 0.5) is 5.69 Å². The zero-order chi connectivity index (χ0) is 21.9. The van der Waals surface area contributed by atoms with Gasteiger partial charge in [-0.1, -0.05) is 48.5 Å². The van der Waals surface area contributed by atoms with E-state index in [2.05, 4.69) is 29.0 Å². The quantitative estimate of drug-likeness (QED) is 0.457. The second kappa shape index (κ2) is 8.51. The van der Waals surface area contributed by atoms with Crippen LogP contribution in [0.25, 0.3) is 11.3 Å². The third kappa shape index (κ3) is 3.67. The Balaban J connectivity index is 1.62. The number of aromatic nitrogens is 3. The first kappa shape index (κ1) is 19.8. The van der Waals surface area contributed by atoms with Gasteiger partial charge in [-0.05, 0) is 29.8 Å². The summed E-state index contributed by atoms with van der Waals surface area (Å²) in [5.74, 6) is -0.0304. The predicted molar refractivity (Wildman–Crippen MR) is 125 cm³/mol. The fourth-order valence-corrected chi connectivity index (χ4v) is 4.08. The van der Waals surface area contributed by atoms with E-state index in [0.29, 0.717) is 18.7 Å². The van der Waals surface area contributed by atoms with Crippen molar-refractivity contribution in [1.82, 2.24) is 19.7 Å². The van der Waals surface area contributed by atoms with E-state index >= 15 is 0 Å². The van der Waals surface area contributed by atoms with Crippen molar-refractivity contribution < 1.29 is 4.79 Å². The SMILES string of the molecule is C=CCN1C(=O)c2ccccc2NC1c1cn(Cc2ccccc2)nc1-c1cccnc1. The van der Waals surface area contributed by atoms with Crippen molar-refractivity contribution >= 4 is 11.6 Å². The predicted octanol–water partition coefficient (Wildman–Crippen LogP) is 4.75. The van der Waals surface area contributed by atoms with Crippen LogP contribution in [0.1, 0.15) is 27.7 Å². The van der Waals surface area contributed by atoms with Crippen LogP contribution in [0, 0.1) is 0 Å². The highest BCUT2D eigenvalue weighted by atomic mass is 16.2. The van der Waals surface area contributed by atoms with Crippen LogP contribution >= 0.6 is 0 Å². The van der Waals surface area contributed by atoms with Crippen LogP contribution in [0.5, 0.6) is 0 Å². The lowest BCUT2D eigenvalue weighted by Gasteiger charge is -2.37. The number of carbonyl (C=O) groups excluding carboxylic acids is 1. The van der Waals surface area contributed by atoms with Crippen molar-refractivity contribution in [2.45, 2.75) is 12.7 Å². The first-order chi connectivity index (χ1) is 15.7. The third-order valence-electron chi connectivity index (χ3n) is 5.55. The van der Waals surface area contributed by atoms with Gasteiger partial charge in [0, 0.05) is 41.9 Å². The van der Waals surface area contributed by atoms with Gasteiger partial charge in [-0.25, -0.2) is 0 Å². The van der Waals surface area contributed by atoms with Crippen molar-refractivity contribution in [2.75, 3.05) is 11.9 Å². The number of nitrogens with zero attached hydrogens (tertiary/aromatic N) is 4. The van der Waals surface area contributed by atoms with Crippen molar-refractivity contribution in [3.05, 3.63) is 115 Å². The molecule has 0 bridgehead atoms. The molecule has 1 N–H and O–H groups in total. The first-order valence-corrected chi connectivity index (χ1v) is 10.5. The molecule has 0 saturated carbocycles. The highest BCUT2D eigenvalue weighted by Gasteiger charge is 2.34. The number of rotatable bonds is 6. The maximum atomic E-state index is 13.3. The van der Waals surface area contributed by atoms with E-state index in [0.717, 1.165) is 28.1 Å². The van der Waals surface area contributed by atoms with E-state index in [4.69, 9.17) is 5.10 Å². The van der Waals surface area contributed by atoms with E-state index in [1.165, 1.54) is 0 Å². The van der Waals surface area contributed by atoms with Crippen LogP contribution < -0.4 is 5.32 Å². The lowest BCUT2D eigenvalue weighted by atomic mass is 10.0. The van der Waals surface area contributed by atoms with Gasteiger partial charge in [-0.2, -0.15) is 5.10 Å². The number of amides is 1. The third-order valence-corrected chi connectivity index (χ3v) is 5.55. The molecule has 32 heavy (non-hydrogen) atoms. The van der Waals surface area contributed by atoms with E-state index in [-0.39, 0.29) is 12.1 Å². The molecule has 4 aromatic rings. The normalized spacial score (nSPS) is 15.2. The molecule has 1 amide bonds. The minimum Gasteiger partial charge on any atom is -0.361 e. The summed E-state index contributed by atoms with van der Waals surface area (Å²) in [5, 5.41) is 8.45. The minimum atomic E-state index is -0.380. The molecule has 5 rings (SSSR count). The molecule has 1 aliphatic heterocycles. The average molecular weight is 422 g/mol. The Morgan fingerprint density at radius 1 is 1.03 bits per heavy atom. The second-order valence-electron chi connectivity index (χ2n) is 7.70. The van der Waals surface area contributed by atoms with Crippen LogP contribution in [0.3, 0.4) is 0 Å². The Morgan fingerprint density at radius 3 is 2.62 bits per heavy atom. The molecular formula is C26H23N5O. The highest BCUT2D eigenvalue weighted by molar-refractivity contribution is 6.02. The lowest BCUT2D eigenvalue weighted by molar-refractivity contribution is 0.0708. The van der Waals surface area contributed by atoms with Crippen molar-refractivity contribution in [1.29, 1.82) is 0 Å². The molecule has 0 spiro atoms. The average Bonchev–Trinajstić information content (AvgIpc) is 3.25. The van der Waals surface area contributed by atoms with Gasteiger partial charge in [0.1, 0.15) is 11.9 Å². The maximum Gasteiger partial charge on any atom is 0.258 e. The maximum absolute atomic E-state index is 13.3. The van der Waals surface area contributed by atoms with Crippen LogP contribution in [-0.4, -0.2) is 32.1 Å². The monoisotopic (exact) mass is 421 g/mol. The molecule has 1 atom stereocenters. The number of para-hydroxylation sites is 1. The Bertz CT molecular complexity index is 1250. The molecule has 2 aromatic carbocycles. The zero-order valence-corrected chi connectivity index (χ0v) is 17.6.